The van der Waals surface area contributed by atoms with E-state index in [1.54, 1.807) is 37.6 Å². The van der Waals surface area contributed by atoms with Crippen molar-refractivity contribution in [3.63, 3.8) is 0 Å². The maximum atomic E-state index is 12.9. The van der Waals surface area contributed by atoms with Crippen LogP contribution in [0.15, 0.2) is 77.3 Å². The van der Waals surface area contributed by atoms with Crippen LogP contribution >= 0.6 is 11.6 Å². The number of nitrogens with one attached hydrogen (secondary N) is 1. The molecule has 1 N–H and O–H groups in total. The molecule has 1 heterocycles. The van der Waals surface area contributed by atoms with Crippen molar-refractivity contribution in [1.82, 2.24) is 4.98 Å². The second kappa shape index (κ2) is 8.43. The zero-order chi connectivity index (χ0) is 21.1. The Morgan fingerprint density at radius 3 is 2.70 bits per heavy atom. The first-order valence-corrected chi connectivity index (χ1v) is 9.70. The summed E-state index contributed by atoms with van der Waals surface area (Å²) in [7, 11) is 1.61. The predicted octanol–water partition coefficient (Wildman–Crippen LogP) is 6.23. The second-order valence-electron chi connectivity index (χ2n) is 6.73. The summed E-state index contributed by atoms with van der Waals surface area (Å²) in [6.45, 7) is 1.91. The molecule has 1 aromatic heterocycles. The number of methoxy groups -OCH3 is 1. The van der Waals surface area contributed by atoms with E-state index in [0.717, 1.165) is 16.9 Å². The average Bonchev–Trinajstić information content (AvgIpc) is 3.26. The highest BCUT2D eigenvalue weighted by Crippen LogP contribution is 2.30. The normalized spacial score (nSPS) is 10.6. The summed E-state index contributed by atoms with van der Waals surface area (Å²) >= 11 is 6.17. The van der Waals surface area contributed by atoms with Crippen LogP contribution in [0, 0.1) is 6.92 Å². The fourth-order valence-corrected chi connectivity index (χ4v) is 3.23. The van der Waals surface area contributed by atoms with Crippen LogP contribution in [0.3, 0.4) is 0 Å². The van der Waals surface area contributed by atoms with Gasteiger partial charge in [0.2, 0.25) is 5.89 Å². The quantitative estimate of drug-likeness (QED) is 0.417. The number of aromatic nitrogens is 1. The van der Waals surface area contributed by atoms with E-state index in [0.29, 0.717) is 33.5 Å². The molecule has 3 aromatic carbocycles. The van der Waals surface area contributed by atoms with Crippen LogP contribution in [0.25, 0.3) is 22.8 Å². The molecule has 4 rings (SSSR count). The number of ether oxygens (including phenoxy) is 1. The molecule has 0 unspecified atom stereocenters. The van der Waals surface area contributed by atoms with Gasteiger partial charge in [-0.25, -0.2) is 4.98 Å². The fourth-order valence-electron chi connectivity index (χ4n) is 3.05. The number of hydrogen-bond donors (Lipinski definition) is 1. The minimum absolute atomic E-state index is 0.272. The maximum absolute atomic E-state index is 12.9. The Morgan fingerprint density at radius 2 is 1.90 bits per heavy atom. The van der Waals surface area contributed by atoms with E-state index in [1.807, 2.05) is 49.4 Å². The lowest BCUT2D eigenvalue weighted by molar-refractivity contribution is 0.102. The summed E-state index contributed by atoms with van der Waals surface area (Å²) in [5.41, 5.74) is 3.45. The number of aryl methyl sites for hydroxylation is 1. The molecule has 150 valence electrons. The van der Waals surface area contributed by atoms with Gasteiger partial charge in [0.25, 0.3) is 5.91 Å². The van der Waals surface area contributed by atoms with E-state index in [4.69, 9.17) is 20.8 Å². The van der Waals surface area contributed by atoms with Gasteiger partial charge in [0.05, 0.1) is 18.9 Å². The second-order valence-corrected chi connectivity index (χ2v) is 7.13. The summed E-state index contributed by atoms with van der Waals surface area (Å²) in [6, 6.07) is 20.1. The Balaban J connectivity index is 1.64. The van der Waals surface area contributed by atoms with E-state index < -0.39 is 0 Å². The van der Waals surface area contributed by atoms with Crippen LogP contribution in [0.2, 0.25) is 5.02 Å². The monoisotopic (exact) mass is 418 g/mol. The molecule has 0 aliphatic rings. The highest BCUT2D eigenvalue weighted by molar-refractivity contribution is 6.31. The standard InChI is InChI=1S/C24H19ClN2O3/c1-15-10-11-17(13-21(15)25)27-23(28)19-8-3-4-9-20(19)24-26-14-22(30-24)16-6-5-7-18(12-16)29-2/h3-14H,1-2H3,(H,27,28). The highest BCUT2D eigenvalue weighted by Gasteiger charge is 2.17. The molecule has 6 heteroatoms. The van der Waals surface area contributed by atoms with Crippen molar-refractivity contribution in [2.45, 2.75) is 6.92 Å². The smallest absolute Gasteiger partial charge is 0.256 e. The molecular weight excluding hydrogens is 400 g/mol. The molecule has 30 heavy (non-hydrogen) atoms. The number of amides is 1. The van der Waals surface area contributed by atoms with Crippen molar-refractivity contribution >= 4 is 23.2 Å². The van der Waals surface area contributed by atoms with Gasteiger partial charge in [-0.1, -0.05) is 41.9 Å². The van der Waals surface area contributed by atoms with E-state index in [2.05, 4.69) is 10.3 Å². The van der Waals surface area contributed by atoms with Gasteiger partial charge in [0, 0.05) is 21.8 Å². The first-order valence-electron chi connectivity index (χ1n) is 9.32. The number of benzene rings is 3. The Labute approximate surface area is 179 Å². The summed E-state index contributed by atoms with van der Waals surface area (Å²) in [6.07, 6.45) is 1.64. The molecule has 1 amide bonds. The summed E-state index contributed by atoms with van der Waals surface area (Å²) in [5, 5.41) is 3.47. The summed E-state index contributed by atoms with van der Waals surface area (Å²) in [4.78, 5) is 17.3. The van der Waals surface area contributed by atoms with Crippen molar-refractivity contribution in [1.29, 1.82) is 0 Å². The van der Waals surface area contributed by atoms with Gasteiger partial charge in [-0.15, -0.1) is 0 Å². The van der Waals surface area contributed by atoms with Crippen molar-refractivity contribution in [3.05, 3.63) is 89.1 Å². The molecule has 0 aliphatic heterocycles. The zero-order valence-corrected chi connectivity index (χ0v) is 17.2. The van der Waals surface area contributed by atoms with E-state index in [9.17, 15) is 4.79 Å². The van der Waals surface area contributed by atoms with Gasteiger partial charge < -0.3 is 14.5 Å². The van der Waals surface area contributed by atoms with Crippen LogP contribution in [0.5, 0.6) is 5.75 Å². The van der Waals surface area contributed by atoms with Crippen molar-refractivity contribution in [3.8, 4) is 28.5 Å². The van der Waals surface area contributed by atoms with E-state index >= 15 is 0 Å². The molecule has 0 atom stereocenters. The number of oxazole rings is 1. The number of hydrogen-bond acceptors (Lipinski definition) is 4. The van der Waals surface area contributed by atoms with Crippen LogP contribution in [0.1, 0.15) is 15.9 Å². The number of anilines is 1. The number of rotatable bonds is 5. The Bertz CT molecular complexity index is 1220. The number of carbonyl (C=O) groups is 1. The third-order valence-electron chi connectivity index (χ3n) is 4.69. The number of carbonyl (C=O) groups excluding carboxylic acids is 1. The molecule has 0 saturated heterocycles. The lowest BCUT2D eigenvalue weighted by Crippen LogP contribution is -2.13. The average molecular weight is 419 g/mol. The van der Waals surface area contributed by atoms with Crippen molar-refractivity contribution in [2.24, 2.45) is 0 Å². The molecule has 0 saturated carbocycles. The van der Waals surface area contributed by atoms with Gasteiger partial charge in [0.1, 0.15) is 5.75 Å². The molecular formula is C24H19ClN2O3. The van der Waals surface area contributed by atoms with Crippen molar-refractivity contribution in [2.75, 3.05) is 12.4 Å². The largest absolute Gasteiger partial charge is 0.497 e. The molecule has 0 fully saturated rings. The third kappa shape index (κ3) is 4.07. The van der Waals surface area contributed by atoms with Crippen LogP contribution in [-0.2, 0) is 0 Å². The topological polar surface area (TPSA) is 64.4 Å². The van der Waals surface area contributed by atoms with Gasteiger partial charge in [0.15, 0.2) is 5.76 Å². The number of nitrogens with zero attached hydrogens (tertiary/aromatic N) is 1. The molecule has 4 aromatic rings. The van der Waals surface area contributed by atoms with Gasteiger partial charge >= 0.3 is 0 Å². The van der Waals surface area contributed by atoms with E-state index in [-0.39, 0.29) is 5.91 Å². The maximum Gasteiger partial charge on any atom is 0.256 e. The lowest BCUT2D eigenvalue weighted by Gasteiger charge is -2.09. The SMILES string of the molecule is COc1cccc(-c2cnc(-c3ccccc3C(=O)Nc3ccc(C)c(Cl)c3)o2)c1. The number of halogens is 1. The highest BCUT2D eigenvalue weighted by atomic mass is 35.5. The fraction of sp³-hybridized carbons (Fsp3) is 0.0833. The minimum Gasteiger partial charge on any atom is -0.497 e. The molecule has 5 nitrogen and oxygen atoms in total. The zero-order valence-electron chi connectivity index (χ0n) is 16.5. The first kappa shape index (κ1) is 19.7. The van der Waals surface area contributed by atoms with E-state index in [1.165, 1.54) is 0 Å². The third-order valence-corrected chi connectivity index (χ3v) is 5.10. The molecule has 0 aliphatic carbocycles. The minimum atomic E-state index is -0.272. The Morgan fingerprint density at radius 1 is 1.07 bits per heavy atom. The first-order chi connectivity index (χ1) is 14.5. The van der Waals surface area contributed by atoms with Gasteiger partial charge in [-0.2, -0.15) is 0 Å². The lowest BCUT2D eigenvalue weighted by atomic mass is 10.1. The molecule has 0 radical (unpaired) electrons. The van der Waals surface area contributed by atoms with Crippen LogP contribution in [0.4, 0.5) is 5.69 Å². The Kier molecular flexibility index (Phi) is 5.55. The molecule has 0 bridgehead atoms. The molecule has 0 spiro atoms. The van der Waals surface area contributed by atoms with Gasteiger partial charge in [-0.05, 0) is 48.9 Å². The predicted molar refractivity (Wildman–Crippen MR) is 118 cm³/mol. The van der Waals surface area contributed by atoms with Gasteiger partial charge in [-0.3, -0.25) is 4.79 Å². The van der Waals surface area contributed by atoms with Crippen LogP contribution in [-0.4, -0.2) is 18.0 Å². The summed E-state index contributed by atoms with van der Waals surface area (Å²) in [5.74, 6) is 1.40. The summed E-state index contributed by atoms with van der Waals surface area (Å²) < 4.78 is 11.2. The van der Waals surface area contributed by atoms with Crippen molar-refractivity contribution < 1.29 is 13.9 Å². The van der Waals surface area contributed by atoms with Crippen LogP contribution < -0.4 is 10.1 Å². The Hall–Kier alpha value is -3.57.